The Hall–Kier alpha value is -4.70. The van der Waals surface area contributed by atoms with E-state index in [0.717, 1.165) is 71.3 Å². The van der Waals surface area contributed by atoms with Crippen LogP contribution in [0.2, 0.25) is 0 Å². The molecule has 0 bridgehead atoms. The monoisotopic (exact) mass is 740 g/mol. The predicted molar refractivity (Wildman–Crippen MR) is 209 cm³/mol. The van der Waals surface area contributed by atoms with E-state index in [9.17, 15) is 0 Å². The molecule has 0 amide bonds. The van der Waals surface area contributed by atoms with Crippen LogP contribution in [0.15, 0.2) is 94.1 Å². The molecule has 0 saturated carbocycles. The summed E-state index contributed by atoms with van der Waals surface area (Å²) in [5.41, 5.74) is 7.85. The first-order valence-corrected chi connectivity index (χ1v) is 19.7. The van der Waals surface area contributed by atoms with Gasteiger partial charge in [-0.25, -0.2) is 19.9 Å². The van der Waals surface area contributed by atoms with Gasteiger partial charge in [0.05, 0.1) is 35.7 Å². The topological polar surface area (TPSA) is 123 Å². The fourth-order valence-corrected chi connectivity index (χ4v) is 7.11. The molecule has 8 rings (SSSR count). The third-order valence-electron chi connectivity index (χ3n) is 7.19. The van der Waals surface area contributed by atoms with Crippen molar-refractivity contribution in [2.75, 3.05) is 23.1 Å². The van der Waals surface area contributed by atoms with E-state index in [0.29, 0.717) is 5.82 Å². The Kier molecular flexibility index (Phi) is 11.2. The van der Waals surface area contributed by atoms with Crippen LogP contribution in [0.25, 0.3) is 34.0 Å². The van der Waals surface area contributed by atoms with E-state index in [4.69, 9.17) is 9.40 Å². The van der Waals surface area contributed by atoms with Crippen molar-refractivity contribution in [3.05, 3.63) is 96.5 Å². The quantitative estimate of drug-likeness (QED) is 0.145. The van der Waals surface area contributed by atoms with Gasteiger partial charge in [-0.05, 0) is 86.7 Å². The zero-order valence-corrected chi connectivity index (χ0v) is 31.9. The number of imidazole rings is 2. The lowest BCUT2D eigenvalue weighted by Crippen LogP contribution is -1.99. The minimum atomic E-state index is 0.707. The molecule has 0 fully saturated rings. The van der Waals surface area contributed by atoms with E-state index in [1.165, 1.54) is 28.6 Å². The van der Waals surface area contributed by atoms with Gasteiger partial charge in [-0.2, -0.15) is 8.75 Å². The van der Waals surface area contributed by atoms with E-state index in [1.54, 1.807) is 36.0 Å². The summed E-state index contributed by atoms with van der Waals surface area (Å²) in [6.45, 7) is 10.0. The van der Waals surface area contributed by atoms with Gasteiger partial charge >= 0.3 is 0 Å². The Balaban J connectivity index is 0.000000165. The lowest BCUT2D eigenvalue weighted by atomic mass is 10.1. The Morgan fingerprint density at radius 2 is 1.26 bits per heavy atom. The first-order valence-electron chi connectivity index (χ1n) is 15.7. The molecular weight excluding hydrogens is 705 g/mol. The number of hydrogen-bond acceptors (Lipinski definition) is 13. The smallest absolute Gasteiger partial charge is 0.181 e. The minimum Gasteiger partial charge on any atom is -0.463 e. The lowest BCUT2D eigenvalue weighted by Gasteiger charge is -2.09. The van der Waals surface area contributed by atoms with Gasteiger partial charge in [0.1, 0.15) is 25.7 Å². The first-order chi connectivity index (χ1) is 24.4. The molecule has 7 heterocycles. The third-order valence-corrected chi connectivity index (χ3v) is 10.0. The molecular formula is C35H36N10OS4. The van der Waals surface area contributed by atoms with Crippen molar-refractivity contribution in [2.24, 2.45) is 0 Å². The van der Waals surface area contributed by atoms with Crippen LogP contribution >= 0.6 is 46.6 Å². The maximum atomic E-state index is 5.50. The normalized spacial score (nSPS) is 10.9. The highest BCUT2D eigenvalue weighted by Gasteiger charge is 2.16. The predicted octanol–water partition coefficient (Wildman–Crippen LogP) is 10.2. The maximum Gasteiger partial charge on any atom is 0.181 e. The lowest BCUT2D eigenvalue weighted by molar-refractivity contribution is 0.579. The van der Waals surface area contributed by atoms with Crippen LogP contribution in [0, 0.1) is 20.8 Å². The van der Waals surface area contributed by atoms with Gasteiger partial charge in [0.2, 0.25) is 0 Å². The first kappa shape index (κ1) is 35.1. The minimum absolute atomic E-state index is 0.707. The van der Waals surface area contributed by atoms with Crippen LogP contribution < -0.4 is 10.6 Å². The van der Waals surface area contributed by atoms with Gasteiger partial charge in [-0.1, -0.05) is 37.6 Å². The summed E-state index contributed by atoms with van der Waals surface area (Å²) < 4.78 is 18.2. The molecule has 0 spiro atoms. The number of aryl methyl sites for hydroxylation is 3. The van der Waals surface area contributed by atoms with Gasteiger partial charge in [0.25, 0.3) is 0 Å². The molecule has 0 aliphatic heterocycles. The van der Waals surface area contributed by atoms with Crippen molar-refractivity contribution in [3.8, 4) is 22.7 Å². The standard InChI is InChI=1S/C18H17N5S2.C15H13N5OS2.C2H6/c1-11-5-4-6-13(7-11)14-9-19-18-17(20-15-8-12(2)22-25-15)21-16(24-3)10-23(14)18;1-9-6-12(23-19-9)17-14-15-16-7-10(11-4-3-5-21-11)20(15)8-13(18-14)22-2;1-2/h4-10H,1-3H3,(H,20,21);3-8H,1-2H3,(H,17,18);1-2H3. The summed E-state index contributed by atoms with van der Waals surface area (Å²) >= 11 is 6.03. The molecule has 0 unspecified atom stereocenters. The van der Waals surface area contributed by atoms with E-state index >= 15 is 0 Å². The SMILES string of the molecule is CC.CSc1cn2c(-c3cccc(C)c3)cnc2c(Nc2cc(C)ns2)n1.CSc1cn2c(-c3ccco3)cnc2c(Nc2cc(C)ns2)n1. The molecule has 256 valence electrons. The Morgan fingerprint density at radius 1 is 0.700 bits per heavy atom. The van der Waals surface area contributed by atoms with Crippen molar-refractivity contribution in [1.29, 1.82) is 0 Å². The molecule has 0 aliphatic carbocycles. The molecule has 11 nitrogen and oxygen atoms in total. The van der Waals surface area contributed by atoms with Crippen LogP contribution in [0.5, 0.6) is 0 Å². The molecule has 8 aromatic rings. The maximum absolute atomic E-state index is 5.50. The molecule has 0 aliphatic rings. The number of aromatic nitrogens is 8. The fourth-order valence-electron chi connectivity index (χ4n) is 5.00. The second-order valence-corrected chi connectivity index (χ2v) is 14.0. The third kappa shape index (κ3) is 7.70. The summed E-state index contributed by atoms with van der Waals surface area (Å²) in [6, 6.07) is 16.2. The van der Waals surface area contributed by atoms with E-state index in [-0.39, 0.29) is 0 Å². The van der Waals surface area contributed by atoms with Crippen LogP contribution in [0.4, 0.5) is 21.6 Å². The largest absolute Gasteiger partial charge is 0.463 e. The zero-order valence-electron chi connectivity index (χ0n) is 28.6. The Bertz CT molecular complexity index is 2340. The van der Waals surface area contributed by atoms with Crippen molar-refractivity contribution in [2.45, 2.75) is 44.7 Å². The summed E-state index contributed by atoms with van der Waals surface area (Å²) in [7, 11) is 0. The van der Waals surface area contributed by atoms with Crippen LogP contribution in [0.3, 0.4) is 0 Å². The highest BCUT2D eigenvalue weighted by atomic mass is 32.2. The number of furan rings is 1. The van der Waals surface area contributed by atoms with Gasteiger partial charge in [0, 0.05) is 18.0 Å². The molecule has 2 N–H and O–H groups in total. The average Bonchev–Trinajstić information content (AvgIpc) is 3.98. The van der Waals surface area contributed by atoms with Gasteiger partial charge in [0.15, 0.2) is 28.7 Å². The van der Waals surface area contributed by atoms with Crippen molar-refractivity contribution in [1.82, 2.24) is 37.5 Å². The highest BCUT2D eigenvalue weighted by molar-refractivity contribution is 7.98. The van der Waals surface area contributed by atoms with E-state index in [1.807, 2.05) is 87.5 Å². The average molecular weight is 741 g/mol. The van der Waals surface area contributed by atoms with Gasteiger partial charge < -0.3 is 15.1 Å². The summed E-state index contributed by atoms with van der Waals surface area (Å²) in [5.74, 6) is 2.23. The number of rotatable bonds is 8. The number of anilines is 4. The Morgan fingerprint density at radius 3 is 1.74 bits per heavy atom. The van der Waals surface area contributed by atoms with Crippen molar-refractivity contribution < 1.29 is 4.42 Å². The second kappa shape index (κ2) is 15.9. The number of fused-ring (bicyclic) bond motifs is 2. The van der Waals surface area contributed by atoms with Crippen LogP contribution in [-0.4, -0.2) is 50.0 Å². The fraction of sp³-hybridized carbons (Fsp3) is 0.200. The number of hydrogen-bond donors (Lipinski definition) is 2. The number of benzene rings is 1. The Labute approximate surface area is 307 Å². The zero-order chi connectivity index (χ0) is 35.2. The van der Waals surface area contributed by atoms with Crippen molar-refractivity contribution >= 4 is 79.5 Å². The number of thioether (sulfide) groups is 2. The second-order valence-electron chi connectivity index (χ2n) is 10.7. The molecule has 0 atom stereocenters. The van der Waals surface area contributed by atoms with Crippen LogP contribution in [-0.2, 0) is 0 Å². The van der Waals surface area contributed by atoms with Crippen molar-refractivity contribution in [3.63, 3.8) is 0 Å². The van der Waals surface area contributed by atoms with Crippen LogP contribution in [0.1, 0.15) is 30.8 Å². The number of nitrogens with zero attached hydrogens (tertiary/aromatic N) is 8. The molecule has 7 aromatic heterocycles. The number of nitrogens with one attached hydrogen (secondary N) is 2. The van der Waals surface area contributed by atoms with Gasteiger partial charge in [-0.15, -0.1) is 23.5 Å². The molecule has 15 heteroatoms. The van der Waals surface area contributed by atoms with E-state index < -0.39 is 0 Å². The molecule has 50 heavy (non-hydrogen) atoms. The summed E-state index contributed by atoms with van der Waals surface area (Å²) in [4.78, 5) is 18.5. The molecule has 1 aromatic carbocycles. The molecule has 0 radical (unpaired) electrons. The van der Waals surface area contributed by atoms with Gasteiger partial charge in [-0.3, -0.25) is 8.80 Å². The highest BCUT2D eigenvalue weighted by Crippen LogP contribution is 2.31. The summed E-state index contributed by atoms with van der Waals surface area (Å²) in [6.07, 6.45) is 13.4. The van der Waals surface area contributed by atoms with E-state index in [2.05, 4.69) is 69.9 Å². The molecule has 0 saturated heterocycles. The summed E-state index contributed by atoms with van der Waals surface area (Å²) in [5, 5.41) is 10.4.